The van der Waals surface area contributed by atoms with Gasteiger partial charge in [-0.1, -0.05) is 0 Å². The monoisotopic (exact) mass is 208 g/mol. The molecule has 1 fully saturated rings. The van der Waals surface area contributed by atoms with Crippen molar-refractivity contribution in [1.29, 1.82) is 0 Å². The van der Waals surface area contributed by atoms with Gasteiger partial charge in [-0.05, 0) is 12.1 Å². The Hall–Kier alpha value is -1.62. The zero-order chi connectivity index (χ0) is 10.7. The van der Waals surface area contributed by atoms with Crippen LogP contribution in [0.4, 0.5) is 5.69 Å². The molecule has 0 radical (unpaired) electrons. The number of pyridine rings is 1. The lowest BCUT2D eigenvalue weighted by atomic mass is 10.3. The van der Waals surface area contributed by atoms with E-state index in [4.69, 9.17) is 15.2 Å². The van der Waals surface area contributed by atoms with Crippen LogP contribution in [0.25, 0.3) is 0 Å². The van der Waals surface area contributed by atoms with Gasteiger partial charge in [0.2, 0.25) is 0 Å². The quantitative estimate of drug-likeness (QED) is 0.721. The first kappa shape index (κ1) is 9.92. The van der Waals surface area contributed by atoms with Gasteiger partial charge in [-0.25, -0.2) is 9.78 Å². The summed E-state index contributed by atoms with van der Waals surface area (Å²) in [6.45, 7) is 1.09. The number of esters is 1. The Morgan fingerprint density at radius 1 is 1.67 bits per heavy atom. The Labute approximate surface area is 87.2 Å². The summed E-state index contributed by atoms with van der Waals surface area (Å²) in [5.74, 6) is -0.483. The highest BCUT2D eigenvalue weighted by molar-refractivity contribution is 5.92. The van der Waals surface area contributed by atoms with Crippen molar-refractivity contribution < 1.29 is 14.3 Å². The van der Waals surface area contributed by atoms with E-state index in [9.17, 15) is 4.79 Å². The molecule has 1 aliphatic rings. The molecule has 5 heteroatoms. The standard InChI is InChI=1S/C10H12N2O3/c11-8-2-1-4-12-9(8)10(13)15-7-3-5-14-6-7/h1-2,4,7H,3,5-6,11H2. The fourth-order valence-electron chi connectivity index (χ4n) is 1.40. The summed E-state index contributed by atoms with van der Waals surface area (Å²) in [7, 11) is 0. The summed E-state index contributed by atoms with van der Waals surface area (Å²) in [6, 6.07) is 3.29. The largest absolute Gasteiger partial charge is 0.455 e. The van der Waals surface area contributed by atoms with Gasteiger partial charge in [-0.15, -0.1) is 0 Å². The van der Waals surface area contributed by atoms with Crippen molar-refractivity contribution in [3.8, 4) is 0 Å². The number of aromatic nitrogens is 1. The van der Waals surface area contributed by atoms with Crippen molar-refractivity contribution in [1.82, 2.24) is 4.98 Å². The number of nitrogens with zero attached hydrogens (tertiary/aromatic N) is 1. The Morgan fingerprint density at radius 3 is 3.20 bits per heavy atom. The fourth-order valence-corrected chi connectivity index (χ4v) is 1.40. The lowest BCUT2D eigenvalue weighted by Crippen LogP contribution is -2.19. The van der Waals surface area contributed by atoms with Crippen molar-refractivity contribution in [3.05, 3.63) is 24.0 Å². The highest BCUT2D eigenvalue weighted by atomic mass is 16.6. The highest BCUT2D eigenvalue weighted by Crippen LogP contribution is 2.13. The Bertz CT molecular complexity index is 361. The van der Waals surface area contributed by atoms with Crippen LogP contribution in [0.3, 0.4) is 0 Å². The molecule has 15 heavy (non-hydrogen) atoms. The minimum Gasteiger partial charge on any atom is -0.455 e. The number of carbonyl (C=O) groups excluding carboxylic acids is 1. The summed E-state index contributed by atoms with van der Waals surface area (Å²) in [5.41, 5.74) is 6.11. The summed E-state index contributed by atoms with van der Waals surface area (Å²) < 4.78 is 10.3. The van der Waals surface area contributed by atoms with E-state index in [0.717, 1.165) is 6.42 Å². The summed E-state index contributed by atoms with van der Waals surface area (Å²) in [5, 5.41) is 0. The van der Waals surface area contributed by atoms with Gasteiger partial charge in [0.25, 0.3) is 0 Å². The van der Waals surface area contributed by atoms with Crippen LogP contribution in [0.5, 0.6) is 0 Å². The number of hydrogen-bond donors (Lipinski definition) is 1. The van der Waals surface area contributed by atoms with E-state index in [1.807, 2.05) is 0 Å². The van der Waals surface area contributed by atoms with E-state index >= 15 is 0 Å². The van der Waals surface area contributed by atoms with Crippen molar-refractivity contribution in [2.75, 3.05) is 18.9 Å². The summed E-state index contributed by atoms with van der Waals surface area (Å²) in [4.78, 5) is 15.5. The second-order valence-corrected chi connectivity index (χ2v) is 3.33. The van der Waals surface area contributed by atoms with Gasteiger partial charge in [0, 0.05) is 12.6 Å². The Morgan fingerprint density at radius 2 is 2.53 bits per heavy atom. The molecular weight excluding hydrogens is 196 g/mol. The molecular formula is C10H12N2O3. The molecule has 0 amide bonds. The third-order valence-corrected chi connectivity index (χ3v) is 2.19. The van der Waals surface area contributed by atoms with E-state index in [1.54, 1.807) is 12.1 Å². The second-order valence-electron chi connectivity index (χ2n) is 3.33. The number of rotatable bonds is 2. The predicted octanol–water partition coefficient (Wildman–Crippen LogP) is 0.609. The molecule has 2 heterocycles. The van der Waals surface area contributed by atoms with Crippen molar-refractivity contribution >= 4 is 11.7 Å². The first-order valence-corrected chi connectivity index (χ1v) is 4.76. The van der Waals surface area contributed by atoms with Crippen LogP contribution in [-0.4, -0.2) is 30.3 Å². The van der Waals surface area contributed by atoms with Crippen LogP contribution >= 0.6 is 0 Å². The molecule has 0 saturated carbocycles. The van der Waals surface area contributed by atoms with E-state index < -0.39 is 5.97 Å². The fraction of sp³-hybridized carbons (Fsp3) is 0.400. The minimum absolute atomic E-state index is 0.168. The Kier molecular flexibility index (Phi) is 2.82. The van der Waals surface area contributed by atoms with E-state index in [1.165, 1.54) is 6.20 Å². The van der Waals surface area contributed by atoms with Crippen LogP contribution < -0.4 is 5.73 Å². The van der Waals surface area contributed by atoms with Crippen LogP contribution in [-0.2, 0) is 9.47 Å². The van der Waals surface area contributed by atoms with Crippen molar-refractivity contribution in [2.24, 2.45) is 0 Å². The summed E-state index contributed by atoms with van der Waals surface area (Å²) >= 11 is 0. The van der Waals surface area contributed by atoms with Crippen LogP contribution in [0, 0.1) is 0 Å². The lowest BCUT2D eigenvalue weighted by molar-refractivity contribution is 0.0265. The third kappa shape index (κ3) is 2.24. The molecule has 1 saturated heterocycles. The number of anilines is 1. The molecule has 0 aromatic carbocycles. The molecule has 2 rings (SSSR count). The van der Waals surface area contributed by atoms with E-state index in [-0.39, 0.29) is 11.8 Å². The molecule has 1 aromatic rings. The van der Waals surface area contributed by atoms with Crippen molar-refractivity contribution in [3.63, 3.8) is 0 Å². The molecule has 1 aromatic heterocycles. The number of nitrogens with two attached hydrogens (primary N) is 1. The molecule has 5 nitrogen and oxygen atoms in total. The van der Waals surface area contributed by atoms with Gasteiger partial charge in [0.1, 0.15) is 6.10 Å². The lowest BCUT2D eigenvalue weighted by Gasteiger charge is -2.10. The van der Waals surface area contributed by atoms with E-state index in [0.29, 0.717) is 18.9 Å². The average molecular weight is 208 g/mol. The molecule has 2 N–H and O–H groups in total. The highest BCUT2D eigenvalue weighted by Gasteiger charge is 2.22. The van der Waals surface area contributed by atoms with Gasteiger partial charge in [-0.2, -0.15) is 0 Å². The molecule has 1 aliphatic heterocycles. The smallest absolute Gasteiger partial charge is 0.359 e. The van der Waals surface area contributed by atoms with E-state index in [2.05, 4.69) is 4.98 Å². The van der Waals surface area contributed by atoms with Gasteiger partial charge in [-0.3, -0.25) is 0 Å². The maximum Gasteiger partial charge on any atom is 0.359 e. The normalized spacial score (nSPS) is 20.1. The SMILES string of the molecule is Nc1cccnc1C(=O)OC1CCOC1. The number of ether oxygens (including phenoxy) is 2. The van der Waals surface area contributed by atoms with Gasteiger partial charge in [0.15, 0.2) is 5.69 Å². The zero-order valence-corrected chi connectivity index (χ0v) is 8.18. The van der Waals surface area contributed by atoms with Gasteiger partial charge < -0.3 is 15.2 Å². The molecule has 0 spiro atoms. The van der Waals surface area contributed by atoms with Gasteiger partial charge >= 0.3 is 5.97 Å². The topological polar surface area (TPSA) is 74.4 Å². The maximum absolute atomic E-state index is 11.6. The first-order valence-electron chi connectivity index (χ1n) is 4.76. The number of hydrogen-bond acceptors (Lipinski definition) is 5. The zero-order valence-electron chi connectivity index (χ0n) is 8.18. The van der Waals surface area contributed by atoms with Crippen molar-refractivity contribution in [2.45, 2.75) is 12.5 Å². The first-order chi connectivity index (χ1) is 7.27. The predicted molar refractivity (Wildman–Crippen MR) is 53.3 cm³/mol. The molecule has 0 aliphatic carbocycles. The van der Waals surface area contributed by atoms with Crippen LogP contribution in [0.1, 0.15) is 16.9 Å². The van der Waals surface area contributed by atoms with Crippen LogP contribution in [0.2, 0.25) is 0 Å². The molecule has 1 atom stereocenters. The molecule has 1 unspecified atom stereocenters. The van der Waals surface area contributed by atoms with Crippen LogP contribution in [0.15, 0.2) is 18.3 Å². The molecule has 80 valence electrons. The minimum atomic E-state index is -0.483. The number of carbonyl (C=O) groups is 1. The summed E-state index contributed by atoms with van der Waals surface area (Å²) in [6.07, 6.45) is 2.08. The number of nitrogen functional groups attached to an aromatic ring is 1. The Balaban J connectivity index is 2.04. The second kappa shape index (κ2) is 4.27. The van der Waals surface area contributed by atoms with Gasteiger partial charge in [0.05, 0.1) is 18.9 Å². The molecule has 0 bridgehead atoms. The third-order valence-electron chi connectivity index (χ3n) is 2.19. The average Bonchev–Trinajstić information content (AvgIpc) is 2.71. The maximum atomic E-state index is 11.6.